The summed E-state index contributed by atoms with van der Waals surface area (Å²) in [5.74, 6) is -1.72. The third kappa shape index (κ3) is 4.46. The molecule has 0 unspecified atom stereocenters. The van der Waals surface area contributed by atoms with Gasteiger partial charge in [-0.3, -0.25) is 14.4 Å². The van der Waals surface area contributed by atoms with Crippen LogP contribution in [0.15, 0.2) is 24.3 Å². The lowest BCUT2D eigenvalue weighted by Gasteiger charge is -2.02. The van der Waals surface area contributed by atoms with Crippen molar-refractivity contribution in [3.8, 4) is 0 Å². The molecule has 1 rings (SSSR count). The Morgan fingerprint density at radius 1 is 1.18 bits per heavy atom. The summed E-state index contributed by atoms with van der Waals surface area (Å²) < 4.78 is 0. The first kappa shape index (κ1) is 12.9. The number of hydrogen-bond donors (Lipinski definition) is 2. The summed E-state index contributed by atoms with van der Waals surface area (Å²) >= 11 is 0. The van der Waals surface area contributed by atoms with E-state index in [2.05, 4.69) is 0 Å². The van der Waals surface area contributed by atoms with E-state index in [0.717, 1.165) is 0 Å². The Morgan fingerprint density at radius 2 is 1.88 bits per heavy atom. The first-order valence-electron chi connectivity index (χ1n) is 5.11. The maximum Gasteiger partial charge on any atom is 0.303 e. The van der Waals surface area contributed by atoms with E-state index in [0.29, 0.717) is 11.1 Å². The van der Waals surface area contributed by atoms with Crippen molar-refractivity contribution in [2.45, 2.75) is 19.3 Å². The summed E-state index contributed by atoms with van der Waals surface area (Å²) in [6.45, 7) is 0. The van der Waals surface area contributed by atoms with Crippen molar-refractivity contribution in [2.24, 2.45) is 5.73 Å². The summed E-state index contributed by atoms with van der Waals surface area (Å²) in [4.78, 5) is 32.6. The fourth-order valence-corrected chi connectivity index (χ4v) is 1.40. The molecule has 0 aliphatic rings. The third-order valence-electron chi connectivity index (χ3n) is 2.23. The van der Waals surface area contributed by atoms with Crippen LogP contribution in [-0.2, 0) is 16.0 Å². The molecule has 1 aromatic rings. The Balaban J connectivity index is 2.62. The molecule has 1 amide bonds. The van der Waals surface area contributed by atoms with E-state index in [1.807, 2.05) is 0 Å². The van der Waals surface area contributed by atoms with Gasteiger partial charge in [-0.05, 0) is 17.7 Å². The molecule has 0 aliphatic heterocycles. The van der Waals surface area contributed by atoms with E-state index in [4.69, 9.17) is 10.8 Å². The quantitative estimate of drug-likeness (QED) is 0.760. The largest absolute Gasteiger partial charge is 0.481 e. The molecule has 0 saturated carbocycles. The van der Waals surface area contributed by atoms with E-state index in [-0.39, 0.29) is 25.0 Å². The van der Waals surface area contributed by atoms with Crippen LogP contribution >= 0.6 is 0 Å². The van der Waals surface area contributed by atoms with Gasteiger partial charge in [0.15, 0.2) is 0 Å². The molecule has 0 radical (unpaired) electrons. The van der Waals surface area contributed by atoms with Gasteiger partial charge in [-0.2, -0.15) is 0 Å². The summed E-state index contributed by atoms with van der Waals surface area (Å²) in [7, 11) is 0. The van der Waals surface area contributed by atoms with E-state index in [9.17, 15) is 14.4 Å². The van der Waals surface area contributed by atoms with Gasteiger partial charge >= 0.3 is 5.97 Å². The maximum absolute atomic E-state index is 11.4. The molecule has 3 N–H and O–H groups in total. The molecule has 0 atom stereocenters. The molecule has 17 heavy (non-hydrogen) atoms. The van der Waals surface area contributed by atoms with Crippen molar-refractivity contribution >= 4 is 17.7 Å². The van der Waals surface area contributed by atoms with Crippen molar-refractivity contribution in [1.29, 1.82) is 0 Å². The van der Waals surface area contributed by atoms with E-state index < -0.39 is 11.9 Å². The Kier molecular flexibility index (Phi) is 4.39. The Labute approximate surface area is 98.2 Å². The molecule has 5 heteroatoms. The topological polar surface area (TPSA) is 97.5 Å². The van der Waals surface area contributed by atoms with E-state index in [1.54, 1.807) is 24.3 Å². The normalized spacial score (nSPS) is 9.88. The zero-order valence-electron chi connectivity index (χ0n) is 9.18. The Morgan fingerprint density at radius 3 is 2.47 bits per heavy atom. The van der Waals surface area contributed by atoms with Crippen LogP contribution in [0.2, 0.25) is 0 Å². The molecular weight excluding hydrogens is 222 g/mol. The zero-order chi connectivity index (χ0) is 12.8. The number of ketones is 1. The van der Waals surface area contributed by atoms with Gasteiger partial charge < -0.3 is 10.8 Å². The first-order valence-corrected chi connectivity index (χ1v) is 5.11. The average molecular weight is 235 g/mol. The predicted octanol–water partition coefficient (Wildman–Crippen LogP) is 0.762. The number of aliphatic carboxylic acids is 1. The third-order valence-corrected chi connectivity index (χ3v) is 2.23. The molecule has 0 heterocycles. The number of rotatable bonds is 6. The molecule has 0 saturated heterocycles. The number of nitrogens with two attached hydrogens (primary N) is 1. The lowest BCUT2D eigenvalue weighted by atomic mass is 10.0. The second kappa shape index (κ2) is 5.79. The highest BCUT2D eigenvalue weighted by Crippen LogP contribution is 2.07. The van der Waals surface area contributed by atoms with Gasteiger partial charge in [0.05, 0.1) is 6.42 Å². The van der Waals surface area contributed by atoms with Gasteiger partial charge in [0.1, 0.15) is 5.78 Å². The maximum atomic E-state index is 11.4. The van der Waals surface area contributed by atoms with Crippen molar-refractivity contribution in [3.63, 3.8) is 0 Å². The van der Waals surface area contributed by atoms with Gasteiger partial charge in [0, 0.05) is 18.4 Å². The van der Waals surface area contributed by atoms with Crippen molar-refractivity contribution in [2.75, 3.05) is 0 Å². The van der Waals surface area contributed by atoms with E-state index in [1.165, 1.54) is 0 Å². The number of carbonyl (C=O) groups is 3. The molecule has 0 aromatic heterocycles. The second-order valence-corrected chi connectivity index (χ2v) is 3.67. The fourth-order valence-electron chi connectivity index (χ4n) is 1.40. The minimum atomic E-state index is -0.996. The monoisotopic (exact) mass is 235 g/mol. The highest BCUT2D eigenvalue weighted by Gasteiger charge is 2.08. The number of carboxylic acid groups (broad SMARTS) is 1. The number of benzene rings is 1. The average Bonchev–Trinajstić information content (AvgIpc) is 2.26. The number of carbonyl (C=O) groups excluding carboxylic acids is 2. The van der Waals surface area contributed by atoms with Gasteiger partial charge in [0.2, 0.25) is 5.91 Å². The van der Waals surface area contributed by atoms with Gasteiger partial charge in [-0.15, -0.1) is 0 Å². The number of hydrogen-bond acceptors (Lipinski definition) is 3. The number of primary amides is 1. The molecule has 0 aliphatic carbocycles. The lowest BCUT2D eigenvalue weighted by molar-refractivity contribution is -0.138. The Bertz CT molecular complexity index is 454. The van der Waals surface area contributed by atoms with Crippen molar-refractivity contribution in [3.05, 3.63) is 35.4 Å². The molecule has 0 bridgehead atoms. The van der Waals surface area contributed by atoms with Gasteiger partial charge in [0.25, 0.3) is 0 Å². The van der Waals surface area contributed by atoms with Gasteiger partial charge in [-0.25, -0.2) is 0 Å². The minimum absolute atomic E-state index is 0.00384. The molecule has 90 valence electrons. The lowest BCUT2D eigenvalue weighted by Crippen LogP contribution is -2.12. The summed E-state index contributed by atoms with van der Waals surface area (Å²) in [6, 6.07) is 6.44. The summed E-state index contributed by atoms with van der Waals surface area (Å²) in [5, 5.41) is 8.43. The number of amides is 1. The van der Waals surface area contributed by atoms with E-state index >= 15 is 0 Å². The van der Waals surface area contributed by atoms with Crippen molar-refractivity contribution in [1.82, 2.24) is 0 Å². The highest BCUT2D eigenvalue weighted by molar-refractivity contribution is 5.93. The molecule has 5 nitrogen and oxygen atoms in total. The van der Waals surface area contributed by atoms with Crippen LogP contribution in [0.5, 0.6) is 0 Å². The summed E-state index contributed by atoms with van der Waals surface area (Å²) in [5.41, 5.74) is 6.12. The summed E-state index contributed by atoms with van der Waals surface area (Å²) in [6.07, 6.45) is -0.0567. The second-order valence-electron chi connectivity index (χ2n) is 3.67. The standard InChI is InChI=1S/C12H13NO4/c13-12(17)9-3-1-2-8(6-9)7-10(14)4-5-11(15)16/h1-3,6H,4-5,7H2,(H2,13,17)(H,15,16). The molecule has 0 fully saturated rings. The van der Waals surface area contributed by atoms with Crippen LogP contribution in [0.4, 0.5) is 0 Å². The van der Waals surface area contributed by atoms with Crippen LogP contribution in [0.3, 0.4) is 0 Å². The molecule has 0 spiro atoms. The highest BCUT2D eigenvalue weighted by atomic mass is 16.4. The predicted molar refractivity (Wildman–Crippen MR) is 60.5 cm³/mol. The van der Waals surface area contributed by atoms with Crippen molar-refractivity contribution < 1.29 is 19.5 Å². The smallest absolute Gasteiger partial charge is 0.303 e. The van der Waals surface area contributed by atoms with Crippen LogP contribution in [0, 0.1) is 0 Å². The van der Waals surface area contributed by atoms with Crippen LogP contribution in [-0.4, -0.2) is 22.8 Å². The van der Waals surface area contributed by atoms with Gasteiger partial charge in [-0.1, -0.05) is 12.1 Å². The first-order chi connectivity index (χ1) is 7.99. The Hall–Kier alpha value is -2.17. The van der Waals surface area contributed by atoms with Crippen LogP contribution in [0.25, 0.3) is 0 Å². The van der Waals surface area contributed by atoms with Crippen LogP contribution < -0.4 is 5.73 Å². The van der Waals surface area contributed by atoms with Crippen LogP contribution in [0.1, 0.15) is 28.8 Å². The zero-order valence-corrected chi connectivity index (χ0v) is 9.18. The molecular formula is C12H13NO4. The number of carboxylic acids is 1. The number of Topliss-reactive ketones (excluding diaryl/α,β-unsaturated/α-hetero) is 1. The SMILES string of the molecule is NC(=O)c1cccc(CC(=O)CCC(=O)O)c1. The minimum Gasteiger partial charge on any atom is -0.481 e. The fraction of sp³-hybridized carbons (Fsp3) is 0.250. The molecule has 1 aromatic carbocycles.